The minimum atomic E-state index is -0.622. The van der Waals surface area contributed by atoms with E-state index in [4.69, 9.17) is 4.74 Å². The minimum Gasteiger partial charge on any atom is -0.387 e. The standard InChI is InChI=1S/C13H26O2/c1-10(2)13(14,9-15-4)12-7-5-6-11(3)8-12/h10-12,14H,5-9H2,1-4H3. The van der Waals surface area contributed by atoms with Crippen molar-refractivity contribution < 1.29 is 9.84 Å². The number of ether oxygens (including phenoxy) is 1. The van der Waals surface area contributed by atoms with Crippen LogP contribution in [0.15, 0.2) is 0 Å². The van der Waals surface area contributed by atoms with Gasteiger partial charge in [-0.25, -0.2) is 0 Å². The molecule has 0 bridgehead atoms. The number of hydrogen-bond acceptors (Lipinski definition) is 2. The molecular formula is C13H26O2. The van der Waals surface area contributed by atoms with Gasteiger partial charge in [0.1, 0.15) is 0 Å². The largest absolute Gasteiger partial charge is 0.387 e. The van der Waals surface area contributed by atoms with E-state index in [1.807, 2.05) is 0 Å². The molecule has 1 rings (SSSR count). The van der Waals surface area contributed by atoms with Gasteiger partial charge in [0.15, 0.2) is 0 Å². The lowest BCUT2D eigenvalue weighted by Crippen LogP contribution is -2.48. The molecule has 3 unspecified atom stereocenters. The van der Waals surface area contributed by atoms with Gasteiger partial charge in [0.25, 0.3) is 0 Å². The topological polar surface area (TPSA) is 29.5 Å². The van der Waals surface area contributed by atoms with Gasteiger partial charge in [0.2, 0.25) is 0 Å². The summed E-state index contributed by atoms with van der Waals surface area (Å²) in [5.41, 5.74) is -0.622. The van der Waals surface area contributed by atoms with Crippen LogP contribution >= 0.6 is 0 Å². The quantitative estimate of drug-likeness (QED) is 0.779. The van der Waals surface area contributed by atoms with Crippen molar-refractivity contribution in [3.8, 4) is 0 Å². The second kappa shape index (κ2) is 5.31. The molecule has 0 spiro atoms. The average molecular weight is 214 g/mol. The maximum absolute atomic E-state index is 10.7. The molecule has 0 heterocycles. The van der Waals surface area contributed by atoms with Gasteiger partial charge >= 0.3 is 0 Å². The molecule has 1 N–H and O–H groups in total. The maximum Gasteiger partial charge on any atom is 0.0930 e. The van der Waals surface area contributed by atoms with Gasteiger partial charge in [-0.2, -0.15) is 0 Å². The second-order valence-electron chi connectivity index (χ2n) is 5.55. The summed E-state index contributed by atoms with van der Waals surface area (Å²) in [6.45, 7) is 6.96. The summed E-state index contributed by atoms with van der Waals surface area (Å²) in [7, 11) is 1.68. The van der Waals surface area contributed by atoms with Crippen molar-refractivity contribution in [2.75, 3.05) is 13.7 Å². The predicted molar refractivity (Wildman–Crippen MR) is 62.8 cm³/mol. The van der Waals surface area contributed by atoms with E-state index < -0.39 is 5.60 Å². The molecule has 0 aliphatic heterocycles. The first-order chi connectivity index (χ1) is 7.00. The highest BCUT2D eigenvalue weighted by Gasteiger charge is 2.41. The van der Waals surface area contributed by atoms with E-state index in [2.05, 4.69) is 20.8 Å². The molecule has 1 fully saturated rings. The highest BCUT2D eigenvalue weighted by Crippen LogP contribution is 2.39. The zero-order valence-electron chi connectivity index (χ0n) is 10.6. The molecule has 1 saturated carbocycles. The van der Waals surface area contributed by atoms with Gasteiger partial charge in [0.05, 0.1) is 12.2 Å². The third kappa shape index (κ3) is 2.94. The van der Waals surface area contributed by atoms with Crippen LogP contribution in [-0.4, -0.2) is 24.4 Å². The smallest absolute Gasteiger partial charge is 0.0930 e. The van der Waals surface area contributed by atoms with Gasteiger partial charge < -0.3 is 9.84 Å². The van der Waals surface area contributed by atoms with Gasteiger partial charge in [0, 0.05) is 7.11 Å². The number of rotatable bonds is 4. The third-order valence-corrected chi connectivity index (χ3v) is 4.02. The fourth-order valence-corrected chi connectivity index (χ4v) is 2.88. The molecule has 15 heavy (non-hydrogen) atoms. The first-order valence-corrected chi connectivity index (χ1v) is 6.22. The number of aliphatic hydroxyl groups is 1. The summed E-state index contributed by atoms with van der Waals surface area (Å²) in [6, 6.07) is 0. The van der Waals surface area contributed by atoms with Crippen LogP contribution in [0.25, 0.3) is 0 Å². The minimum absolute atomic E-state index is 0.271. The Hall–Kier alpha value is -0.0800. The SMILES string of the molecule is COCC(O)(C(C)C)C1CCCC(C)C1. The molecule has 2 nitrogen and oxygen atoms in total. The fraction of sp³-hybridized carbons (Fsp3) is 1.00. The Morgan fingerprint density at radius 1 is 1.40 bits per heavy atom. The van der Waals surface area contributed by atoms with Gasteiger partial charge in [-0.3, -0.25) is 0 Å². The highest BCUT2D eigenvalue weighted by molar-refractivity contribution is 4.91. The van der Waals surface area contributed by atoms with Crippen LogP contribution in [-0.2, 0) is 4.74 Å². The summed E-state index contributed by atoms with van der Waals surface area (Å²) in [6.07, 6.45) is 4.88. The average Bonchev–Trinajstić information content (AvgIpc) is 2.17. The summed E-state index contributed by atoms with van der Waals surface area (Å²) in [5.74, 6) is 1.44. The Morgan fingerprint density at radius 2 is 2.07 bits per heavy atom. The molecule has 3 atom stereocenters. The Labute approximate surface area is 94.0 Å². The zero-order chi connectivity index (χ0) is 11.5. The molecule has 2 heteroatoms. The van der Waals surface area contributed by atoms with E-state index in [0.29, 0.717) is 12.5 Å². The van der Waals surface area contributed by atoms with Gasteiger partial charge in [-0.1, -0.05) is 33.6 Å². The van der Waals surface area contributed by atoms with E-state index in [0.717, 1.165) is 18.8 Å². The van der Waals surface area contributed by atoms with Crippen molar-refractivity contribution in [1.29, 1.82) is 0 Å². The molecule has 0 radical (unpaired) electrons. The Morgan fingerprint density at radius 3 is 2.53 bits per heavy atom. The second-order valence-corrected chi connectivity index (χ2v) is 5.55. The highest BCUT2D eigenvalue weighted by atomic mass is 16.5. The van der Waals surface area contributed by atoms with E-state index in [1.165, 1.54) is 12.8 Å². The first kappa shape index (κ1) is 13.0. The third-order valence-electron chi connectivity index (χ3n) is 4.02. The van der Waals surface area contributed by atoms with Crippen molar-refractivity contribution in [2.45, 2.75) is 52.1 Å². The molecule has 0 aromatic heterocycles. The summed E-state index contributed by atoms with van der Waals surface area (Å²) in [4.78, 5) is 0. The van der Waals surface area contributed by atoms with Crippen LogP contribution in [0.4, 0.5) is 0 Å². The molecule has 90 valence electrons. The molecular weight excluding hydrogens is 188 g/mol. The molecule has 0 saturated heterocycles. The Bertz CT molecular complexity index is 191. The summed E-state index contributed by atoms with van der Waals surface area (Å²) >= 11 is 0. The van der Waals surface area contributed by atoms with Crippen molar-refractivity contribution in [2.24, 2.45) is 17.8 Å². The van der Waals surface area contributed by atoms with Crippen LogP contribution in [0.3, 0.4) is 0 Å². The van der Waals surface area contributed by atoms with E-state index >= 15 is 0 Å². The Balaban J connectivity index is 2.69. The van der Waals surface area contributed by atoms with Crippen molar-refractivity contribution >= 4 is 0 Å². The molecule has 1 aliphatic carbocycles. The van der Waals surface area contributed by atoms with Crippen LogP contribution in [0.5, 0.6) is 0 Å². The summed E-state index contributed by atoms with van der Waals surface area (Å²) in [5, 5.41) is 10.7. The molecule has 1 aliphatic rings. The van der Waals surface area contributed by atoms with E-state index in [9.17, 15) is 5.11 Å². The predicted octanol–water partition coefficient (Wildman–Crippen LogP) is 2.85. The van der Waals surface area contributed by atoms with Crippen LogP contribution < -0.4 is 0 Å². The monoisotopic (exact) mass is 214 g/mol. The van der Waals surface area contributed by atoms with Crippen LogP contribution in [0.2, 0.25) is 0 Å². The van der Waals surface area contributed by atoms with Crippen molar-refractivity contribution in [3.63, 3.8) is 0 Å². The van der Waals surface area contributed by atoms with Gasteiger partial charge in [-0.05, 0) is 30.6 Å². The van der Waals surface area contributed by atoms with E-state index in [1.54, 1.807) is 7.11 Å². The zero-order valence-corrected chi connectivity index (χ0v) is 10.6. The van der Waals surface area contributed by atoms with Gasteiger partial charge in [-0.15, -0.1) is 0 Å². The number of hydrogen-bond donors (Lipinski definition) is 1. The van der Waals surface area contributed by atoms with Crippen LogP contribution in [0.1, 0.15) is 46.5 Å². The Kier molecular flexibility index (Phi) is 4.60. The molecule has 0 amide bonds. The lowest BCUT2D eigenvalue weighted by atomic mass is 9.69. The maximum atomic E-state index is 10.7. The normalized spacial score (nSPS) is 31.6. The molecule has 0 aromatic rings. The first-order valence-electron chi connectivity index (χ1n) is 6.22. The van der Waals surface area contributed by atoms with Crippen molar-refractivity contribution in [3.05, 3.63) is 0 Å². The number of methoxy groups -OCH3 is 1. The lowest BCUT2D eigenvalue weighted by molar-refractivity contribution is -0.118. The van der Waals surface area contributed by atoms with Crippen molar-refractivity contribution in [1.82, 2.24) is 0 Å². The fourth-order valence-electron chi connectivity index (χ4n) is 2.88. The molecule has 0 aromatic carbocycles. The van der Waals surface area contributed by atoms with Crippen LogP contribution in [0, 0.1) is 17.8 Å². The summed E-state index contributed by atoms with van der Waals surface area (Å²) < 4.78 is 5.21. The lowest BCUT2D eigenvalue weighted by Gasteiger charge is -2.42. The van der Waals surface area contributed by atoms with E-state index in [-0.39, 0.29) is 5.92 Å².